The van der Waals surface area contributed by atoms with Crippen LogP contribution in [0.15, 0.2) is 41.8 Å². The van der Waals surface area contributed by atoms with Gasteiger partial charge in [0.2, 0.25) is 5.91 Å². The maximum Gasteiger partial charge on any atom is 0.248 e. The van der Waals surface area contributed by atoms with Crippen molar-refractivity contribution in [3.63, 3.8) is 0 Å². The fraction of sp³-hybridized carbons (Fsp3) is 0.417. The number of carbonyl (C=O) groups excluding carboxylic acids is 1. The predicted molar refractivity (Wildman–Crippen MR) is 130 cm³/mol. The Balaban J connectivity index is 0.000000683. The number of amides is 1. The molecule has 31 heavy (non-hydrogen) atoms. The minimum atomic E-state index is -0.674. The standard InChI is InChI=1S/C18H24N6O.C6H12/c1-10(6-12(3)20)16-9-24(5)18(23-16)13(4)14(8-19)15(21)7-11(2)17(22)25;1-2-3-6-4-5-6/h6-9,19-20H,2,21H2,1,3-5H3,(H2,22,25);6H,2-5H2,1H3/b10-6+,14-13+,15-7+,19-8?,20-12?;. The lowest BCUT2D eigenvalue weighted by atomic mass is 10.0. The molecular weight excluding hydrogens is 388 g/mol. The van der Waals surface area contributed by atoms with Gasteiger partial charge in [-0.3, -0.25) is 4.79 Å². The zero-order valence-corrected chi connectivity index (χ0v) is 19.4. The van der Waals surface area contributed by atoms with Gasteiger partial charge in [-0.25, -0.2) is 4.98 Å². The molecule has 1 aliphatic rings. The molecule has 0 aliphatic heterocycles. The van der Waals surface area contributed by atoms with Crippen LogP contribution in [0.3, 0.4) is 0 Å². The van der Waals surface area contributed by atoms with Crippen LogP contribution in [0, 0.1) is 16.7 Å². The first-order chi connectivity index (χ1) is 14.5. The molecule has 1 aliphatic carbocycles. The fourth-order valence-electron chi connectivity index (χ4n) is 3.08. The molecule has 6 N–H and O–H groups in total. The van der Waals surface area contributed by atoms with Crippen molar-refractivity contribution < 1.29 is 4.79 Å². The molecule has 0 radical (unpaired) electrons. The van der Waals surface area contributed by atoms with Crippen LogP contribution in [0.2, 0.25) is 0 Å². The average Bonchev–Trinajstić information content (AvgIpc) is 3.41. The summed E-state index contributed by atoms with van der Waals surface area (Å²) in [7, 11) is 1.84. The third-order valence-electron chi connectivity index (χ3n) is 4.95. The minimum absolute atomic E-state index is 0.0606. The van der Waals surface area contributed by atoms with Gasteiger partial charge in [0, 0.05) is 47.6 Å². The van der Waals surface area contributed by atoms with Crippen molar-refractivity contribution in [1.29, 1.82) is 10.8 Å². The molecule has 2 rings (SSSR count). The van der Waals surface area contributed by atoms with Crippen molar-refractivity contribution in [1.82, 2.24) is 9.55 Å². The summed E-state index contributed by atoms with van der Waals surface area (Å²) in [4.78, 5) is 15.7. The summed E-state index contributed by atoms with van der Waals surface area (Å²) in [6.07, 6.45) is 11.9. The molecule has 0 saturated heterocycles. The van der Waals surface area contributed by atoms with Crippen molar-refractivity contribution >= 4 is 29.0 Å². The van der Waals surface area contributed by atoms with Crippen LogP contribution in [-0.4, -0.2) is 27.4 Å². The van der Waals surface area contributed by atoms with Gasteiger partial charge in [-0.05, 0) is 44.4 Å². The van der Waals surface area contributed by atoms with Gasteiger partial charge in [0.1, 0.15) is 5.82 Å². The van der Waals surface area contributed by atoms with Crippen molar-refractivity contribution in [3.8, 4) is 0 Å². The molecule has 7 heteroatoms. The molecule has 0 unspecified atom stereocenters. The number of aryl methyl sites for hydroxylation is 1. The molecule has 7 nitrogen and oxygen atoms in total. The zero-order chi connectivity index (χ0) is 23.7. The molecule has 168 valence electrons. The Morgan fingerprint density at radius 1 is 1.29 bits per heavy atom. The van der Waals surface area contributed by atoms with Crippen molar-refractivity contribution in [2.24, 2.45) is 24.4 Å². The first-order valence-corrected chi connectivity index (χ1v) is 10.5. The van der Waals surface area contributed by atoms with E-state index in [0.29, 0.717) is 22.7 Å². The number of aromatic nitrogens is 2. The molecule has 1 heterocycles. The van der Waals surface area contributed by atoms with E-state index in [1.54, 1.807) is 19.9 Å². The summed E-state index contributed by atoms with van der Waals surface area (Å²) in [5.41, 5.74) is 14.6. The third-order valence-corrected chi connectivity index (χ3v) is 4.95. The number of rotatable bonds is 9. The summed E-state index contributed by atoms with van der Waals surface area (Å²) in [6.45, 7) is 11.2. The molecule has 1 fully saturated rings. The van der Waals surface area contributed by atoms with Gasteiger partial charge in [0.25, 0.3) is 0 Å². The fourth-order valence-corrected chi connectivity index (χ4v) is 3.08. The topological polar surface area (TPSA) is 135 Å². The molecule has 1 saturated carbocycles. The maximum absolute atomic E-state index is 11.1. The van der Waals surface area contributed by atoms with Crippen molar-refractivity contribution in [3.05, 3.63) is 53.3 Å². The van der Waals surface area contributed by atoms with E-state index in [0.717, 1.165) is 23.4 Å². The first kappa shape index (κ1) is 25.8. The van der Waals surface area contributed by atoms with Crippen LogP contribution >= 0.6 is 0 Å². The van der Waals surface area contributed by atoms with Gasteiger partial charge < -0.3 is 26.9 Å². The second-order valence-corrected chi connectivity index (χ2v) is 7.98. The Morgan fingerprint density at radius 2 is 1.90 bits per heavy atom. The van der Waals surface area contributed by atoms with Crippen LogP contribution < -0.4 is 11.5 Å². The Bertz CT molecular complexity index is 941. The first-order valence-electron chi connectivity index (χ1n) is 10.5. The van der Waals surface area contributed by atoms with E-state index in [9.17, 15) is 4.79 Å². The van der Waals surface area contributed by atoms with Crippen LogP contribution in [0.1, 0.15) is 64.9 Å². The second-order valence-electron chi connectivity index (χ2n) is 7.98. The van der Waals surface area contributed by atoms with Crippen LogP contribution in [0.25, 0.3) is 11.1 Å². The van der Waals surface area contributed by atoms with E-state index in [1.165, 1.54) is 31.8 Å². The Hall–Kier alpha value is -3.22. The quantitative estimate of drug-likeness (QED) is 0.266. The summed E-state index contributed by atoms with van der Waals surface area (Å²) >= 11 is 0. The molecular formula is C24H36N6O. The van der Waals surface area contributed by atoms with Gasteiger partial charge in [-0.1, -0.05) is 39.2 Å². The zero-order valence-electron chi connectivity index (χ0n) is 19.4. The number of hydrogen-bond donors (Lipinski definition) is 4. The van der Waals surface area contributed by atoms with E-state index in [1.807, 2.05) is 24.7 Å². The number of nitrogens with zero attached hydrogens (tertiary/aromatic N) is 2. The van der Waals surface area contributed by atoms with Gasteiger partial charge in [0.15, 0.2) is 0 Å². The minimum Gasteiger partial charge on any atom is -0.398 e. The number of hydrogen-bond acceptors (Lipinski definition) is 5. The van der Waals surface area contributed by atoms with Gasteiger partial charge >= 0.3 is 0 Å². The van der Waals surface area contributed by atoms with Crippen molar-refractivity contribution in [2.75, 3.05) is 0 Å². The summed E-state index contributed by atoms with van der Waals surface area (Å²) in [5.74, 6) is 1.10. The van der Waals surface area contributed by atoms with E-state index in [2.05, 4.69) is 18.5 Å². The molecule has 1 aromatic rings. The molecule has 0 atom stereocenters. The monoisotopic (exact) mass is 424 g/mol. The Kier molecular flexibility index (Phi) is 9.86. The highest BCUT2D eigenvalue weighted by atomic mass is 16.1. The molecule has 0 aromatic carbocycles. The van der Waals surface area contributed by atoms with E-state index >= 15 is 0 Å². The Morgan fingerprint density at radius 3 is 2.32 bits per heavy atom. The lowest BCUT2D eigenvalue weighted by Crippen LogP contribution is -2.14. The smallest absolute Gasteiger partial charge is 0.248 e. The van der Waals surface area contributed by atoms with E-state index < -0.39 is 5.91 Å². The number of carbonyl (C=O) groups is 1. The van der Waals surface area contributed by atoms with Gasteiger partial charge in [0.05, 0.1) is 5.69 Å². The number of nitrogens with one attached hydrogen (secondary N) is 2. The highest BCUT2D eigenvalue weighted by Crippen LogP contribution is 2.33. The lowest BCUT2D eigenvalue weighted by Gasteiger charge is -2.09. The Labute approximate surface area is 185 Å². The van der Waals surface area contributed by atoms with E-state index in [4.69, 9.17) is 22.3 Å². The predicted octanol–water partition coefficient (Wildman–Crippen LogP) is 4.37. The largest absolute Gasteiger partial charge is 0.398 e. The highest BCUT2D eigenvalue weighted by Gasteiger charge is 2.18. The highest BCUT2D eigenvalue weighted by molar-refractivity contribution is 5.98. The molecule has 1 aromatic heterocycles. The second kappa shape index (κ2) is 11.8. The number of allylic oxidation sites excluding steroid dienone is 4. The normalized spacial score (nSPS) is 14.9. The molecule has 0 spiro atoms. The van der Waals surface area contributed by atoms with E-state index in [-0.39, 0.29) is 11.3 Å². The average molecular weight is 425 g/mol. The number of primary amides is 1. The number of imidazole rings is 1. The SMILES string of the molecule is C=C(/C=C(N)\C(C=N)=C(/C)c1nc(/C(C)=C/C(C)=N)cn1C)C(N)=O.CCCC1CC1. The van der Waals surface area contributed by atoms with Gasteiger partial charge in [-0.2, -0.15) is 0 Å². The lowest BCUT2D eigenvalue weighted by molar-refractivity contribution is -0.114. The van der Waals surface area contributed by atoms with Crippen molar-refractivity contribution in [2.45, 2.75) is 53.4 Å². The van der Waals surface area contributed by atoms with Crippen LogP contribution in [0.4, 0.5) is 0 Å². The number of nitrogens with two attached hydrogens (primary N) is 2. The van der Waals surface area contributed by atoms with Gasteiger partial charge in [-0.15, -0.1) is 0 Å². The summed E-state index contributed by atoms with van der Waals surface area (Å²) in [6, 6.07) is 0. The maximum atomic E-state index is 11.1. The van der Waals surface area contributed by atoms with Crippen LogP contribution in [0.5, 0.6) is 0 Å². The molecule has 0 bridgehead atoms. The molecule has 1 amide bonds. The summed E-state index contributed by atoms with van der Waals surface area (Å²) < 4.78 is 1.82. The summed E-state index contributed by atoms with van der Waals surface area (Å²) in [5, 5.41) is 15.2. The van der Waals surface area contributed by atoms with Crippen LogP contribution in [-0.2, 0) is 11.8 Å². The third kappa shape index (κ3) is 8.20.